The summed E-state index contributed by atoms with van der Waals surface area (Å²) in [7, 11) is 3.19. The fraction of sp³-hybridized carbons (Fsp3) is 0.387. The van der Waals surface area contributed by atoms with Crippen LogP contribution in [0.4, 0.5) is 0 Å². The molecule has 2 aromatic carbocycles. The number of ether oxygens (including phenoxy) is 4. The molecule has 0 fully saturated rings. The van der Waals surface area contributed by atoms with E-state index in [0.717, 1.165) is 17.5 Å². The van der Waals surface area contributed by atoms with E-state index in [0.29, 0.717) is 50.4 Å². The van der Waals surface area contributed by atoms with Gasteiger partial charge in [0, 0.05) is 0 Å². The van der Waals surface area contributed by atoms with Crippen LogP contribution >= 0.6 is 11.3 Å². The maximum atomic E-state index is 13.9. The van der Waals surface area contributed by atoms with Crippen LogP contribution in [0.15, 0.2) is 63.5 Å². The van der Waals surface area contributed by atoms with E-state index in [-0.39, 0.29) is 11.7 Å². The predicted octanol–water partition coefficient (Wildman–Crippen LogP) is 4.63. The molecule has 212 valence electrons. The minimum Gasteiger partial charge on any atom is -0.497 e. The van der Waals surface area contributed by atoms with Gasteiger partial charge in [-0.1, -0.05) is 43.4 Å². The Labute approximate surface area is 238 Å². The Bertz CT molecular complexity index is 1580. The van der Waals surface area contributed by atoms with Crippen LogP contribution in [-0.4, -0.2) is 37.5 Å². The Morgan fingerprint density at radius 2 is 1.77 bits per heavy atom. The molecule has 0 spiro atoms. The third-order valence-electron chi connectivity index (χ3n) is 6.45. The van der Waals surface area contributed by atoms with Gasteiger partial charge in [-0.3, -0.25) is 9.36 Å². The van der Waals surface area contributed by atoms with Crippen LogP contribution in [0.2, 0.25) is 0 Å². The second-order valence-electron chi connectivity index (χ2n) is 10.3. The van der Waals surface area contributed by atoms with Crippen LogP contribution in [0.5, 0.6) is 17.2 Å². The molecule has 9 heteroatoms. The van der Waals surface area contributed by atoms with E-state index in [2.05, 4.69) is 18.8 Å². The van der Waals surface area contributed by atoms with Crippen LogP contribution in [0.3, 0.4) is 0 Å². The van der Waals surface area contributed by atoms with E-state index >= 15 is 0 Å². The van der Waals surface area contributed by atoms with Crippen molar-refractivity contribution in [1.29, 1.82) is 0 Å². The van der Waals surface area contributed by atoms with Gasteiger partial charge >= 0.3 is 5.97 Å². The van der Waals surface area contributed by atoms with Gasteiger partial charge in [-0.05, 0) is 74.6 Å². The summed E-state index contributed by atoms with van der Waals surface area (Å²) in [6, 6.07) is 12.2. The Morgan fingerprint density at radius 1 is 1.05 bits per heavy atom. The van der Waals surface area contributed by atoms with Crippen LogP contribution in [0, 0.1) is 5.92 Å². The summed E-state index contributed by atoms with van der Waals surface area (Å²) < 4.78 is 24.4. The zero-order chi connectivity index (χ0) is 29.0. The maximum absolute atomic E-state index is 13.9. The van der Waals surface area contributed by atoms with Gasteiger partial charge in [-0.25, -0.2) is 9.79 Å². The Hall–Kier alpha value is -3.85. The molecule has 1 aliphatic heterocycles. The van der Waals surface area contributed by atoms with Crippen molar-refractivity contribution in [2.45, 2.75) is 53.2 Å². The predicted molar refractivity (Wildman–Crippen MR) is 156 cm³/mol. The van der Waals surface area contributed by atoms with Crippen molar-refractivity contribution in [2.24, 2.45) is 10.9 Å². The number of nitrogens with zero attached hydrogens (tertiary/aromatic N) is 2. The first kappa shape index (κ1) is 29.1. The topological polar surface area (TPSA) is 88.4 Å². The van der Waals surface area contributed by atoms with Crippen LogP contribution in [-0.2, 0) is 9.53 Å². The number of thiazole rings is 1. The number of fused-ring (bicyclic) bond motifs is 1. The average molecular weight is 565 g/mol. The van der Waals surface area contributed by atoms with Gasteiger partial charge in [0.05, 0.1) is 48.8 Å². The second-order valence-corrected chi connectivity index (χ2v) is 11.3. The summed E-state index contributed by atoms with van der Waals surface area (Å²) in [5.74, 6) is 1.97. The lowest BCUT2D eigenvalue weighted by atomic mass is 9.96. The lowest BCUT2D eigenvalue weighted by molar-refractivity contribution is -0.143. The molecule has 0 N–H and O–H groups in total. The highest BCUT2D eigenvalue weighted by Crippen LogP contribution is 2.32. The normalized spacial score (nSPS) is 15.2. The zero-order valence-corrected chi connectivity index (χ0v) is 24.8. The molecule has 1 aromatic heterocycles. The van der Waals surface area contributed by atoms with E-state index < -0.39 is 12.0 Å². The van der Waals surface area contributed by atoms with Crippen molar-refractivity contribution in [3.05, 3.63) is 84.5 Å². The van der Waals surface area contributed by atoms with Gasteiger partial charge in [-0.15, -0.1) is 0 Å². The van der Waals surface area contributed by atoms with Crippen LogP contribution in [0.25, 0.3) is 6.08 Å². The number of methoxy groups -OCH3 is 2. The first-order valence-corrected chi connectivity index (χ1v) is 14.1. The highest BCUT2D eigenvalue weighted by molar-refractivity contribution is 7.07. The number of hydrogen-bond acceptors (Lipinski definition) is 8. The molecule has 1 atom stereocenters. The first-order chi connectivity index (χ1) is 19.1. The lowest BCUT2D eigenvalue weighted by Gasteiger charge is -2.25. The summed E-state index contributed by atoms with van der Waals surface area (Å²) >= 11 is 1.27. The quantitative estimate of drug-likeness (QED) is 0.334. The number of benzene rings is 2. The van der Waals surface area contributed by atoms with E-state index in [1.165, 1.54) is 11.3 Å². The van der Waals surface area contributed by atoms with E-state index in [1.807, 2.05) is 42.5 Å². The van der Waals surface area contributed by atoms with Crippen molar-refractivity contribution < 1.29 is 23.7 Å². The van der Waals surface area contributed by atoms with Gasteiger partial charge < -0.3 is 18.9 Å². The van der Waals surface area contributed by atoms with E-state index in [9.17, 15) is 9.59 Å². The number of rotatable bonds is 10. The van der Waals surface area contributed by atoms with Crippen molar-refractivity contribution in [1.82, 2.24) is 4.57 Å². The highest BCUT2D eigenvalue weighted by atomic mass is 32.1. The Morgan fingerprint density at radius 3 is 2.40 bits per heavy atom. The third-order valence-corrected chi connectivity index (χ3v) is 7.44. The third kappa shape index (κ3) is 6.31. The van der Waals surface area contributed by atoms with Gasteiger partial charge in [0.25, 0.3) is 5.56 Å². The second kappa shape index (κ2) is 12.6. The minimum absolute atomic E-state index is 0.247. The molecule has 0 radical (unpaired) electrons. The lowest BCUT2D eigenvalue weighted by Crippen LogP contribution is -2.40. The fourth-order valence-electron chi connectivity index (χ4n) is 4.41. The SMILES string of the molecule is COc1ccc([C@H]2C(C(=O)OC(C)C)=C(C)N=c3s/c(=C/c4ccc(OCCC(C)C)c(OC)c4)c(=O)n32)cc1. The summed E-state index contributed by atoms with van der Waals surface area (Å²) in [6.07, 6.45) is 2.43. The Kier molecular flexibility index (Phi) is 9.14. The molecule has 0 saturated heterocycles. The molecule has 8 nitrogen and oxygen atoms in total. The minimum atomic E-state index is -0.693. The number of aromatic nitrogens is 1. The summed E-state index contributed by atoms with van der Waals surface area (Å²) in [5, 5.41) is 0. The molecule has 0 bridgehead atoms. The molecule has 1 aliphatic rings. The molecular weight excluding hydrogens is 528 g/mol. The molecule has 0 aliphatic carbocycles. The molecule has 0 unspecified atom stereocenters. The molecule has 0 amide bonds. The standard InChI is InChI=1S/C31H36N2O6S/c1-18(2)14-15-38-24-13-8-21(16-25(24)37-7)17-26-29(34)33-28(22-9-11-23(36-6)12-10-22)27(30(35)39-19(3)4)20(5)32-31(33)40-26/h8-13,16-19,28H,14-15H2,1-7H3/b26-17+/t28-/m0/s1. The van der Waals surface area contributed by atoms with Crippen LogP contribution in [0.1, 0.15) is 58.2 Å². The van der Waals surface area contributed by atoms with Crippen LogP contribution < -0.4 is 29.1 Å². The number of carbonyl (C=O) groups is 1. The number of esters is 1. The summed E-state index contributed by atoms with van der Waals surface area (Å²) in [4.78, 5) is 32.3. The fourth-order valence-corrected chi connectivity index (χ4v) is 5.46. The summed E-state index contributed by atoms with van der Waals surface area (Å²) in [5.41, 5.74) is 2.15. The molecule has 0 saturated carbocycles. The van der Waals surface area contributed by atoms with Gasteiger partial charge in [0.2, 0.25) is 0 Å². The van der Waals surface area contributed by atoms with Crippen molar-refractivity contribution in [3.63, 3.8) is 0 Å². The molecule has 40 heavy (non-hydrogen) atoms. The smallest absolute Gasteiger partial charge is 0.338 e. The Balaban J connectivity index is 1.80. The van der Waals surface area contributed by atoms with E-state index in [4.69, 9.17) is 18.9 Å². The first-order valence-electron chi connectivity index (χ1n) is 13.3. The van der Waals surface area contributed by atoms with Gasteiger partial charge in [0.1, 0.15) is 5.75 Å². The molecule has 4 rings (SSSR count). The van der Waals surface area contributed by atoms with Crippen molar-refractivity contribution >= 4 is 23.4 Å². The van der Waals surface area contributed by atoms with Gasteiger partial charge in [-0.2, -0.15) is 0 Å². The number of allylic oxidation sites excluding steroid dienone is 1. The number of carbonyl (C=O) groups excluding carboxylic acids is 1. The zero-order valence-electron chi connectivity index (χ0n) is 24.0. The molecule has 2 heterocycles. The maximum Gasteiger partial charge on any atom is 0.338 e. The van der Waals surface area contributed by atoms with Crippen molar-refractivity contribution in [2.75, 3.05) is 20.8 Å². The van der Waals surface area contributed by atoms with E-state index in [1.54, 1.807) is 45.6 Å². The highest BCUT2D eigenvalue weighted by Gasteiger charge is 2.33. The monoisotopic (exact) mass is 564 g/mol. The number of hydrogen-bond donors (Lipinski definition) is 0. The summed E-state index contributed by atoms with van der Waals surface area (Å²) in [6.45, 7) is 10.2. The largest absolute Gasteiger partial charge is 0.497 e. The van der Waals surface area contributed by atoms with Gasteiger partial charge in [0.15, 0.2) is 16.3 Å². The molecular formula is C31H36N2O6S. The molecule has 3 aromatic rings. The average Bonchev–Trinajstić information content (AvgIpc) is 3.21. The van der Waals surface area contributed by atoms with Crippen molar-refractivity contribution in [3.8, 4) is 17.2 Å².